The lowest BCUT2D eigenvalue weighted by Gasteiger charge is -2.42. The van der Waals surface area contributed by atoms with Gasteiger partial charge in [0.2, 0.25) is 0 Å². The summed E-state index contributed by atoms with van der Waals surface area (Å²) in [6, 6.07) is 17.6. The summed E-state index contributed by atoms with van der Waals surface area (Å²) in [7, 11) is 0. The first kappa shape index (κ1) is 20.5. The Morgan fingerprint density at radius 2 is 1.04 bits per heavy atom. The number of hydrogen-bond donors (Lipinski definition) is 4. The molecule has 0 bridgehead atoms. The molecule has 2 aromatic rings. The second-order valence-electron chi connectivity index (χ2n) is 5.52. The van der Waals surface area contributed by atoms with Gasteiger partial charge in [-0.3, -0.25) is 0 Å². The summed E-state index contributed by atoms with van der Waals surface area (Å²) >= 11 is 6.79. The molecule has 0 heterocycles. The molecule has 0 aliphatic carbocycles. The second-order valence-corrected chi connectivity index (χ2v) is 7.88. The number of hydrogen-bond acceptors (Lipinski definition) is 5. The Hall–Kier alpha value is -0.800. The molecule has 4 unspecified atom stereocenters. The Kier molecular flexibility index (Phi) is 7.16. The van der Waals surface area contributed by atoms with Gasteiger partial charge in [0.25, 0.3) is 0 Å². The van der Waals surface area contributed by atoms with Crippen LogP contribution in [0, 0.1) is 0 Å². The molecule has 0 aromatic heterocycles. The highest BCUT2D eigenvalue weighted by Gasteiger charge is 2.49. The number of alkyl halides is 2. The summed E-state index contributed by atoms with van der Waals surface area (Å²) in [5, 5.41) is 39.8. The van der Waals surface area contributed by atoms with Crippen LogP contribution in [0.15, 0.2) is 60.7 Å². The maximum Gasteiger partial charge on any atom is 0.178 e. The highest BCUT2D eigenvalue weighted by atomic mass is 79.9. The zero-order chi connectivity index (χ0) is 18.5. The summed E-state index contributed by atoms with van der Waals surface area (Å²) in [5.74, 6) is 0. The molecular weight excluding hydrogens is 456 g/mol. The average Bonchev–Trinajstić information content (AvgIpc) is 2.67. The van der Waals surface area contributed by atoms with Crippen LogP contribution in [0.25, 0.3) is 0 Å². The number of aliphatic hydroxyl groups excluding tert-OH is 4. The van der Waals surface area contributed by atoms with E-state index in [2.05, 4.69) is 31.9 Å². The first-order chi connectivity index (χ1) is 11.9. The van der Waals surface area contributed by atoms with Crippen LogP contribution in [0.4, 0.5) is 0 Å². The summed E-state index contributed by atoms with van der Waals surface area (Å²) < 4.78 is 3.06. The number of ether oxygens (including phenoxy) is 1. The zero-order valence-corrected chi connectivity index (χ0v) is 16.5. The van der Waals surface area contributed by atoms with Crippen LogP contribution in [-0.4, -0.2) is 45.8 Å². The Balaban J connectivity index is 2.53. The van der Waals surface area contributed by atoms with Gasteiger partial charge in [-0.25, -0.2) is 0 Å². The minimum Gasteiger partial charge on any atom is -0.394 e. The lowest BCUT2D eigenvalue weighted by Crippen LogP contribution is -2.49. The quantitative estimate of drug-likeness (QED) is 0.439. The molecule has 0 aliphatic rings. The molecule has 0 spiro atoms. The van der Waals surface area contributed by atoms with Crippen LogP contribution < -0.4 is 0 Å². The third kappa shape index (κ3) is 4.31. The Labute approximate surface area is 163 Å². The van der Waals surface area contributed by atoms with E-state index in [1.807, 2.05) is 12.1 Å². The van der Waals surface area contributed by atoms with E-state index in [1.54, 1.807) is 48.5 Å². The molecule has 0 saturated carbocycles. The lowest BCUT2D eigenvalue weighted by molar-refractivity contribution is -0.167. The molecule has 0 saturated heterocycles. The van der Waals surface area contributed by atoms with Crippen LogP contribution in [0.1, 0.15) is 11.1 Å². The van der Waals surface area contributed by atoms with Gasteiger partial charge in [-0.15, -0.1) is 0 Å². The molecule has 25 heavy (non-hydrogen) atoms. The highest BCUT2D eigenvalue weighted by Crippen LogP contribution is 2.47. The van der Waals surface area contributed by atoms with Crippen molar-refractivity contribution in [3.8, 4) is 0 Å². The number of halogens is 2. The van der Waals surface area contributed by atoms with E-state index in [0.717, 1.165) is 0 Å². The minimum absolute atomic E-state index is 0.543. The lowest BCUT2D eigenvalue weighted by atomic mass is 10.0. The minimum atomic E-state index is -1.53. The highest BCUT2D eigenvalue weighted by molar-refractivity contribution is 9.10. The average molecular weight is 476 g/mol. The van der Waals surface area contributed by atoms with E-state index >= 15 is 0 Å². The van der Waals surface area contributed by atoms with Crippen molar-refractivity contribution >= 4 is 31.9 Å². The summed E-state index contributed by atoms with van der Waals surface area (Å²) in [6.45, 7) is -1.15. The van der Waals surface area contributed by atoms with Gasteiger partial charge in [-0.1, -0.05) is 60.7 Å². The Morgan fingerprint density at radius 1 is 0.720 bits per heavy atom. The smallest absolute Gasteiger partial charge is 0.178 e. The van der Waals surface area contributed by atoms with Gasteiger partial charge < -0.3 is 25.2 Å². The van der Waals surface area contributed by atoms with E-state index < -0.39 is 34.4 Å². The molecule has 0 aliphatic heterocycles. The predicted molar refractivity (Wildman–Crippen MR) is 101 cm³/mol. The fourth-order valence-corrected chi connectivity index (χ4v) is 3.97. The van der Waals surface area contributed by atoms with Crippen molar-refractivity contribution in [1.82, 2.24) is 0 Å². The third-order valence-corrected chi connectivity index (χ3v) is 6.13. The molecule has 7 heteroatoms. The molecule has 5 nitrogen and oxygen atoms in total. The van der Waals surface area contributed by atoms with E-state index in [9.17, 15) is 20.4 Å². The molecule has 0 amide bonds. The Morgan fingerprint density at radius 3 is 1.32 bits per heavy atom. The molecule has 0 fully saturated rings. The van der Waals surface area contributed by atoms with Crippen LogP contribution in [0.2, 0.25) is 0 Å². The maximum atomic E-state index is 10.4. The van der Waals surface area contributed by atoms with Gasteiger partial charge in [0.05, 0.1) is 13.2 Å². The monoisotopic (exact) mass is 474 g/mol. The van der Waals surface area contributed by atoms with Gasteiger partial charge in [-0.2, -0.15) is 0 Å². The normalized spacial score (nSPS) is 18.8. The van der Waals surface area contributed by atoms with Crippen molar-refractivity contribution < 1.29 is 25.2 Å². The maximum absolute atomic E-state index is 10.4. The summed E-state index contributed by atoms with van der Waals surface area (Å²) in [6.07, 6.45) is -2.66. The number of aliphatic hydroxyl groups is 4. The van der Waals surface area contributed by atoms with Crippen LogP contribution in [0.3, 0.4) is 0 Å². The van der Waals surface area contributed by atoms with Gasteiger partial charge in [0, 0.05) is 0 Å². The van der Waals surface area contributed by atoms with Crippen molar-refractivity contribution in [2.75, 3.05) is 13.2 Å². The standard InChI is InChI=1S/C18H20Br2O5/c19-17(15(23)11-21,13-7-3-1-4-8-13)25-18(20,16(24)12-22)14-9-5-2-6-10-14/h1-10,15-16,21-24H,11-12H2. The van der Waals surface area contributed by atoms with E-state index in [4.69, 9.17) is 4.74 Å². The first-order valence-electron chi connectivity index (χ1n) is 7.65. The molecule has 136 valence electrons. The van der Waals surface area contributed by atoms with Gasteiger partial charge >= 0.3 is 0 Å². The van der Waals surface area contributed by atoms with Crippen molar-refractivity contribution in [3.63, 3.8) is 0 Å². The number of benzene rings is 2. The van der Waals surface area contributed by atoms with Crippen molar-refractivity contribution in [2.45, 2.75) is 21.2 Å². The SMILES string of the molecule is OCC(O)C(Br)(OC(Br)(c1ccccc1)C(O)CO)c1ccccc1. The van der Waals surface area contributed by atoms with E-state index in [1.165, 1.54) is 0 Å². The van der Waals surface area contributed by atoms with Gasteiger partial charge in [0.1, 0.15) is 12.2 Å². The predicted octanol–water partition coefficient (Wildman–Crippen LogP) is 2.21. The van der Waals surface area contributed by atoms with E-state index in [0.29, 0.717) is 11.1 Å². The summed E-state index contributed by atoms with van der Waals surface area (Å²) in [4.78, 5) is 0. The molecule has 4 atom stereocenters. The van der Waals surface area contributed by atoms with Crippen molar-refractivity contribution in [1.29, 1.82) is 0 Å². The zero-order valence-electron chi connectivity index (χ0n) is 13.3. The number of rotatable bonds is 8. The van der Waals surface area contributed by atoms with Crippen molar-refractivity contribution in [2.24, 2.45) is 0 Å². The molecular formula is C18H20Br2O5. The fraction of sp³-hybridized carbons (Fsp3) is 0.333. The van der Waals surface area contributed by atoms with Gasteiger partial charge in [-0.05, 0) is 43.0 Å². The molecule has 4 N–H and O–H groups in total. The van der Waals surface area contributed by atoms with Crippen LogP contribution in [0.5, 0.6) is 0 Å². The van der Waals surface area contributed by atoms with Crippen molar-refractivity contribution in [3.05, 3.63) is 71.8 Å². The fourth-order valence-electron chi connectivity index (χ4n) is 2.42. The van der Waals surface area contributed by atoms with Crippen LogP contribution >= 0.6 is 31.9 Å². The first-order valence-corrected chi connectivity index (χ1v) is 9.24. The molecule has 2 aromatic carbocycles. The topological polar surface area (TPSA) is 90.2 Å². The van der Waals surface area contributed by atoms with E-state index in [-0.39, 0.29) is 0 Å². The van der Waals surface area contributed by atoms with Crippen LogP contribution in [-0.2, 0) is 13.8 Å². The Bertz CT molecular complexity index is 600. The van der Waals surface area contributed by atoms with Gasteiger partial charge in [0.15, 0.2) is 9.02 Å². The largest absolute Gasteiger partial charge is 0.394 e. The molecule has 2 rings (SSSR count). The third-order valence-electron chi connectivity index (χ3n) is 3.83. The summed E-state index contributed by atoms with van der Waals surface area (Å²) in [5.41, 5.74) is 1.09. The second kappa shape index (κ2) is 8.73. The molecule has 0 radical (unpaired) electrons.